The predicted molar refractivity (Wildman–Crippen MR) is 65.4 cm³/mol. The van der Waals surface area contributed by atoms with E-state index >= 15 is 0 Å². The quantitative estimate of drug-likeness (QED) is 0.759. The molecular weight excluding hydrogens is 202 g/mol. The minimum absolute atomic E-state index is 0.370. The van der Waals surface area contributed by atoms with E-state index in [4.69, 9.17) is 0 Å². The van der Waals surface area contributed by atoms with Crippen molar-refractivity contribution in [1.29, 1.82) is 0 Å². The molecule has 0 aromatic rings. The Morgan fingerprint density at radius 1 is 1.38 bits per heavy atom. The van der Waals surface area contributed by atoms with Gasteiger partial charge in [0.25, 0.3) is 0 Å². The summed E-state index contributed by atoms with van der Waals surface area (Å²) in [6, 6.07) is 0.0270. The Hall–Kier alpha value is -0.570. The van der Waals surface area contributed by atoms with Gasteiger partial charge in [0.05, 0.1) is 0 Å². The van der Waals surface area contributed by atoms with Crippen LogP contribution >= 0.6 is 0 Å². The number of carboxylic acids is 1. The molecule has 1 aliphatic carbocycles. The molecule has 0 spiro atoms. The third-order valence-electron chi connectivity index (χ3n) is 3.53. The lowest BCUT2D eigenvalue weighted by molar-refractivity contribution is -0.140. The smallest absolute Gasteiger partial charge is 0.320 e. The van der Waals surface area contributed by atoms with Gasteiger partial charge in [0.2, 0.25) is 0 Å². The molecule has 3 heteroatoms. The summed E-state index contributed by atoms with van der Waals surface area (Å²) in [4.78, 5) is 11.2. The zero-order valence-electron chi connectivity index (χ0n) is 10.7. The van der Waals surface area contributed by atoms with Gasteiger partial charge >= 0.3 is 5.97 Å². The van der Waals surface area contributed by atoms with Crippen molar-refractivity contribution in [1.82, 2.24) is 5.32 Å². The van der Waals surface area contributed by atoms with Crippen molar-refractivity contribution < 1.29 is 9.90 Å². The van der Waals surface area contributed by atoms with Crippen LogP contribution in [0.5, 0.6) is 0 Å². The van der Waals surface area contributed by atoms with Crippen LogP contribution in [0.2, 0.25) is 0 Å². The molecule has 1 aliphatic rings. The lowest BCUT2D eigenvalue weighted by atomic mass is 9.85. The van der Waals surface area contributed by atoms with Crippen LogP contribution in [-0.2, 0) is 4.79 Å². The molecule has 0 aliphatic heterocycles. The molecule has 0 radical (unpaired) electrons. The van der Waals surface area contributed by atoms with Crippen molar-refractivity contribution in [2.75, 3.05) is 0 Å². The first-order chi connectivity index (χ1) is 7.50. The molecule has 94 valence electrons. The molecule has 1 rings (SSSR count). The fraction of sp³-hybridized carbons (Fsp3) is 0.923. The van der Waals surface area contributed by atoms with Gasteiger partial charge in [-0.05, 0) is 31.1 Å². The van der Waals surface area contributed by atoms with Crippen LogP contribution in [0, 0.1) is 11.8 Å². The number of nitrogens with one attached hydrogen (secondary N) is 1. The topological polar surface area (TPSA) is 49.3 Å². The Morgan fingerprint density at radius 3 is 2.50 bits per heavy atom. The molecule has 3 nitrogen and oxygen atoms in total. The van der Waals surface area contributed by atoms with Crippen LogP contribution in [-0.4, -0.2) is 23.2 Å². The highest BCUT2D eigenvalue weighted by Crippen LogP contribution is 2.24. The van der Waals surface area contributed by atoms with E-state index in [0.29, 0.717) is 17.9 Å². The van der Waals surface area contributed by atoms with E-state index in [1.54, 1.807) is 0 Å². The van der Waals surface area contributed by atoms with Crippen LogP contribution < -0.4 is 5.32 Å². The van der Waals surface area contributed by atoms with Crippen LogP contribution in [0.15, 0.2) is 0 Å². The maximum absolute atomic E-state index is 11.2. The third kappa shape index (κ3) is 4.12. The largest absolute Gasteiger partial charge is 0.480 e. The average Bonchev–Trinajstić information content (AvgIpc) is 2.19. The first kappa shape index (κ1) is 13.5. The van der Waals surface area contributed by atoms with Gasteiger partial charge in [-0.3, -0.25) is 4.79 Å². The maximum Gasteiger partial charge on any atom is 0.320 e. The van der Waals surface area contributed by atoms with Crippen LogP contribution in [0.25, 0.3) is 0 Å². The fourth-order valence-electron chi connectivity index (χ4n) is 2.53. The summed E-state index contributed by atoms with van der Waals surface area (Å²) in [6.45, 7) is 6.37. The maximum atomic E-state index is 11.2. The number of aliphatic carboxylic acids is 1. The lowest BCUT2D eigenvalue weighted by Crippen LogP contribution is -2.47. The molecule has 0 heterocycles. The lowest BCUT2D eigenvalue weighted by Gasteiger charge is -2.32. The summed E-state index contributed by atoms with van der Waals surface area (Å²) >= 11 is 0. The van der Waals surface area contributed by atoms with Crippen molar-refractivity contribution in [3.8, 4) is 0 Å². The van der Waals surface area contributed by atoms with Gasteiger partial charge in [-0.15, -0.1) is 0 Å². The number of hydrogen-bond acceptors (Lipinski definition) is 2. The van der Waals surface area contributed by atoms with E-state index in [9.17, 15) is 9.90 Å². The van der Waals surface area contributed by atoms with E-state index in [-0.39, 0.29) is 6.04 Å². The van der Waals surface area contributed by atoms with Gasteiger partial charge in [-0.1, -0.05) is 33.6 Å². The summed E-state index contributed by atoms with van der Waals surface area (Å²) in [5.74, 6) is 0.335. The standard InChI is InChI=1S/C13H25NO2/c1-9(2)8-12(13(15)16)14-11-7-5-4-6-10(11)3/h9-12,14H,4-8H2,1-3H3,(H,15,16). The molecule has 3 unspecified atom stereocenters. The molecular formula is C13H25NO2. The minimum atomic E-state index is -0.702. The van der Waals surface area contributed by atoms with E-state index in [2.05, 4.69) is 26.1 Å². The summed E-state index contributed by atoms with van der Waals surface area (Å²) < 4.78 is 0. The first-order valence-corrected chi connectivity index (χ1v) is 6.49. The molecule has 3 atom stereocenters. The summed E-state index contributed by atoms with van der Waals surface area (Å²) in [5.41, 5.74) is 0. The normalized spacial score (nSPS) is 28.0. The van der Waals surface area contributed by atoms with E-state index < -0.39 is 5.97 Å². The molecule has 0 bridgehead atoms. The van der Waals surface area contributed by atoms with Crippen LogP contribution in [0.1, 0.15) is 52.9 Å². The van der Waals surface area contributed by atoms with E-state index in [1.807, 2.05) is 0 Å². The third-order valence-corrected chi connectivity index (χ3v) is 3.53. The van der Waals surface area contributed by atoms with Gasteiger partial charge in [0.1, 0.15) is 6.04 Å². The molecule has 16 heavy (non-hydrogen) atoms. The Balaban J connectivity index is 2.49. The number of carbonyl (C=O) groups is 1. The van der Waals surface area contributed by atoms with Crippen molar-refractivity contribution in [3.63, 3.8) is 0 Å². The molecule has 2 N–H and O–H groups in total. The van der Waals surface area contributed by atoms with E-state index in [0.717, 1.165) is 12.8 Å². The number of rotatable bonds is 5. The highest BCUT2D eigenvalue weighted by molar-refractivity contribution is 5.73. The molecule has 1 fully saturated rings. The second kappa shape index (κ2) is 6.24. The SMILES string of the molecule is CC(C)CC(NC1CCCCC1C)C(=O)O. The first-order valence-electron chi connectivity index (χ1n) is 6.49. The van der Waals surface area contributed by atoms with Crippen molar-refractivity contribution >= 4 is 5.97 Å². The highest BCUT2D eigenvalue weighted by Gasteiger charge is 2.27. The van der Waals surface area contributed by atoms with Crippen molar-refractivity contribution in [2.45, 2.75) is 65.0 Å². The van der Waals surface area contributed by atoms with Gasteiger partial charge in [-0.2, -0.15) is 0 Å². The molecule has 1 saturated carbocycles. The average molecular weight is 227 g/mol. The van der Waals surface area contributed by atoms with E-state index in [1.165, 1.54) is 19.3 Å². The van der Waals surface area contributed by atoms with Gasteiger partial charge in [0, 0.05) is 6.04 Å². The zero-order chi connectivity index (χ0) is 12.1. The second-order valence-electron chi connectivity index (χ2n) is 5.56. The Morgan fingerprint density at radius 2 is 2.00 bits per heavy atom. The molecule has 0 aromatic carbocycles. The number of carboxylic acid groups (broad SMARTS) is 1. The number of hydrogen-bond donors (Lipinski definition) is 2. The van der Waals surface area contributed by atoms with Crippen molar-refractivity contribution in [3.05, 3.63) is 0 Å². The monoisotopic (exact) mass is 227 g/mol. The Bertz CT molecular complexity index is 228. The fourth-order valence-corrected chi connectivity index (χ4v) is 2.53. The molecule has 0 amide bonds. The minimum Gasteiger partial charge on any atom is -0.480 e. The summed E-state index contributed by atoms with van der Waals surface area (Å²) in [6.07, 6.45) is 5.60. The molecule has 0 aromatic heterocycles. The summed E-state index contributed by atoms with van der Waals surface area (Å²) in [5, 5.41) is 12.5. The van der Waals surface area contributed by atoms with Gasteiger partial charge in [0.15, 0.2) is 0 Å². The second-order valence-corrected chi connectivity index (χ2v) is 5.56. The van der Waals surface area contributed by atoms with Crippen molar-refractivity contribution in [2.24, 2.45) is 11.8 Å². The molecule has 0 saturated heterocycles. The van der Waals surface area contributed by atoms with Gasteiger partial charge < -0.3 is 10.4 Å². The Labute approximate surface area is 98.6 Å². The Kier molecular flexibility index (Phi) is 5.26. The van der Waals surface area contributed by atoms with Crippen LogP contribution in [0.4, 0.5) is 0 Å². The summed E-state index contributed by atoms with van der Waals surface area (Å²) in [7, 11) is 0. The van der Waals surface area contributed by atoms with Gasteiger partial charge in [-0.25, -0.2) is 0 Å². The predicted octanol–water partition coefficient (Wildman–Crippen LogP) is 2.65. The highest BCUT2D eigenvalue weighted by atomic mass is 16.4. The van der Waals surface area contributed by atoms with Crippen LogP contribution in [0.3, 0.4) is 0 Å². The zero-order valence-corrected chi connectivity index (χ0v) is 10.7.